The van der Waals surface area contributed by atoms with E-state index in [1.807, 2.05) is 0 Å². The second-order valence-corrected chi connectivity index (χ2v) is 6.10. The van der Waals surface area contributed by atoms with Gasteiger partial charge in [-0.3, -0.25) is 4.99 Å². The number of halogens is 3. The molecule has 0 radical (unpaired) electrons. The van der Waals surface area contributed by atoms with Gasteiger partial charge >= 0.3 is 0 Å². The molecule has 2 nitrogen and oxygen atoms in total. The number of benzene rings is 1. The van der Waals surface area contributed by atoms with Crippen molar-refractivity contribution < 1.29 is 0 Å². The Bertz CT molecular complexity index is 462. The smallest absolute Gasteiger partial charge is 0.161 e. The highest BCUT2D eigenvalue weighted by Crippen LogP contribution is 2.33. The van der Waals surface area contributed by atoms with Crippen LogP contribution in [-0.2, 0) is 0 Å². The molecule has 0 aliphatic carbocycles. The highest BCUT2D eigenvalue weighted by Gasteiger charge is 2.13. The summed E-state index contributed by atoms with van der Waals surface area (Å²) in [6, 6.07) is 3.69. The monoisotopic (exact) mass is 308 g/mol. The van der Waals surface area contributed by atoms with Crippen LogP contribution in [0.1, 0.15) is 13.3 Å². The van der Waals surface area contributed by atoms with E-state index in [0.29, 0.717) is 21.1 Å². The van der Waals surface area contributed by atoms with Gasteiger partial charge in [-0.2, -0.15) is 0 Å². The third-order valence-electron chi connectivity index (χ3n) is 2.36. The van der Waals surface area contributed by atoms with Gasteiger partial charge in [0.15, 0.2) is 5.17 Å². The van der Waals surface area contributed by atoms with Crippen LogP contribution in [0.2, 0.25) is 15.1 Å². The predicted molar refractivity (Wildman–Crippen MR) is 79.1 cm³/mol. The quantitative estimate of drug-likeness (QED) is 0.743. The molecule has 0 saturated carbocycles. The maximum absolute atomic E-state index is 6.09. The average Bonchev–Trinajstić information content (AvgIpc) is 2.26. The van der Waals surface area contributed by atoms with Crippen molar-refractivity contribution in [1.82, 2.24) is 0 Å². The molecule has 0 aromatic heterocycles. The molecule has 6 heteroatoms. The zero-order chi connectivity index (χ0) is 12.4. The van der Waals surface area contributed by atoms with Crippen molar-refractivity contribution >= 4 is 57.4 Å². The molecule has 0 saturated heterocycles. The third kappa shape index (κ3) is 3.44. The van der Waals surface area contributed by atoms with Gasteiger partial charge in [0.25, 0.3) is 0 Å². The molecule has 17 heavy (non-hydrogen) atoms. The fraction of sp³-hybridized carbons (Fsp3) is 0.364. The second kappa shape index (κ2) is 5.70. The van der Waals surface area contributed by atoms with Gasteiger partial charge in [-0.25, -0.2) is 0 Å². The van der Waals surface area contributed by atoms with E-state index in [-0.39, 0.29) is 0 Å². The number of aliphatic imine (C=N–C) groups is 1. The average molecular weight is 310 g/mol. The molecular weight excluding hydrogens is 299 g/mol. The van der Waals surface area contributed by atoms with E-state index in [0.717, 1.165) is 23.0 Å². The molecule has 0 bridgehead atoms. The van der Waals surface area contributed by atoms with Gasteiger partial charge in [-0.15, -0.1) is 0 Å². The minimum atomic E-state index is 0.347. The number of nitrogens with zero attached hydrogens (tertiary/aromatic N) is 1. The molecule has 1 aromatic carbocycles. The first-order valence-corrected chi connectivity index (χ1v) is 7.30. The van der Waals surface area contributed by atoms with Crippen LogP contribution in [0.3, 0.4) is 0 Å². The summed E-state index contributed by atoms with van der Waals surface area (Å²) >= 11 is 19.6. The Labute approximate surface area is 120 Å². The molecule has 2 rings (SSSR count). The van der Waals surface area contributed by atoms with Crippen LogP contribution < -0.4 is 5.32 Å². The van der Waals surface area contributed by atoms with Crippen LogP contribution in [0.25, 0.3) is 0 Å². The SMILES string of the molecule is CC1CCSC(Nc2cc(Cl)c(Cl)cc2Cl)=N1. The lowest BCUT2D eigenvalue weighted by atomic mass is 10.3. The molecule has 0 fully saturated rings. The lowest BCUT2D eigenvalue weighted by Gasteiger charge is -2.18. The summed E-state index contributed by atoms with van der Waals surface area (Å²) in [4.78, 5) is 4.50. The number of hydrogen-bond acceptors (Lipinski definition) is 3. The largest absolute Gasteiger partial charge is 0.334 e. The first kappa shape index (κ1) is 13.3. The van der Waals surface area contributed by atoms with Crippen LogP contribution >= 0.6 is 46.6 Å². The Balaban J connectivity index is 2.21. The molecule has 1 aliphatic rings. The Morgan fingerprint density at radius 3 is 2.65 bits per heavy atom. The topological polar surface area (TPSA) is 24.4 Å². The lowest BCUT2D eigenvalue weighted by molar-refractivity contribution is 0.720. The highest BCUT2D eigenvalue weighted by molar-refractivity contribution is 8.14. The molecule has 1 atom stereocenters. The molecule has 1 unspecified atom stereocenters. The minimum absolute atomic E-state index is 0.347. The van der Waals surface area contributed by atoms with E-state index in [2.05, 4.69) is 17.2 Å². The summed E-state index contributed by atoms with van der Waals surface area (Å²) in [5, 5.41) is 5.54. The van der Waals surface area contributed by atoms with Crippen molar-refractivity contribution in [1.29, 1.82) is 0 Å². The van der Waals surface area contributed by atoms with Gasteiger partial charge in [-0.1, -0.05) is 46.6 Å². The van der Waals surface area contributed by atoms with Crippen LogP contribution in [0.5, 0.6) is 0 Å². The van der Waals surface area contributed by atoms with Crippen molar-refractivity contribution in [2.75, 3.05) is 11.1 Å². The molecule has 0 spiro atoms. The summed E-state index contributed by atoms with van der Waals surface area (Å²) in [5.74, 6) is 1.06. The number of anilines is 1. The predicted octanol–water partition coefficient (Wildman–Crippen LogP) is 4.94. The van der Waals surface area contributed by atoms with E-state index in [4.69, 9.17) is 34.8 Å². The van der Waals surface area contributed by atoms with Crippen LogP contribution in [0.15, 0.2) is 17.1 Å². The first-order chi connectivity index (χ1) is 8.06. The fourth-order valence-corrected chi connectivity index (χ4v) is 3.11. The van der Waals surface area contributed by atoms with Crippen LogP contribution in [0.4, 0.5) is 5.69 Å². The minimum Gasteiger partial charge on any atom is -0.334 e. The van der Waals surface area contributed by atoms with Crippen molar-refractivity contribution in [3.63, 3.8) is 0 Å². The summed E-state index contributed by atoms with van der Waals surface area (Å²) < 4.78 is 0. The van der Waals surface area contributed by atoms with Crippen LogP contribution in [-0.4, -0.2) is 17.0 Å². The zero-order valence-corrected chi connectivity index (χ0v) is 12.2. The maximum atomic E-state index is 6.09. The van der Waals surface area contributed by atoms with Crippen LogP contribution in [0, 0.1) is 0 Å². The van der Waals surface area contributed by atoms with Gasteiger partial charge in [0, 0.05) is 5.75 Å². The third-order valence-corrected chi connectivity index (χ3v) is 4.32. The Morgan fingerprint density at radius 1 is 1.24 bits per heavy atom. The van der Waals surface area contributed by atoms with E-state index in [9.17, 15) is 0 Å². The van der Waals surface area contributed by atoms with E-state index in [1.165, 1.54) is 0 Å². The molecular formula is C11H11Cl3N2S. The van der Waals surface area contributed by atoms with Gasteiger partial charge in [0.2, 0.25) is 0 Å². The molecule has 92 valence electrons. The lowest BCUT2D eigenvalue weighted by Crippen LogP contribution is -2.18. The van der Waals surface area contributed by atoms with Crippen molar-refractivity contribution in [3.8, 4) is 0 Å². The van der Waals surface area contributed by atoms with Gasteiger partial charge in [-0.05, 0) is 25.5 Å². The van der Waals surface area contributed by atoms with Gasteiger partial charge < -0.3 is 5.32 Å². The molecule has 1 aromatic rings. The molecule has 1 N–H and O–H groups in total. The number of hydrogen-bond donors (Lipinski definition) is 1. The standard InChI is InChI=1S/C11H11Cl3N2S/c1-6-2-3-17-11(15-6)16-10-5-8(13)7(12)4-9(10)14/h4-6H,2-3H2,1H3,(H,15,16). The summed E-state index contributed by atoms with van der Waals surface area (Å²) in [7, 11) is 0. The summed E-state index contributed by atoms with van der Waals surface area (Å²) in [6.45, 7) is 2.10. The second-order valence-electron chi connectivity index (χ2n) is 3.79. The Hall–Kier alpha value is -0.0900. The van der Waals surface area contributed by atoms with Gasteiger partial charge in [0.05, 0.1) is 26.8 Å². The highest BCUT2D eigenvalue weighted by atomic mass is 35.5. The first-order valence-electron chi connectivity index (χ1n) is 5.18. The number of amidine groups is 1. The van der Waals surface area contributed by atoms with Crippen molar-refractivity contribution in [2.24, 2.45) is 4.99 Å². The fourth-order valence-electron chi connectivity index (χ4n) is 1.43. The van der Waals surface area contributed by atoms with Crippen molar-refractivity contribution in [3.05, 3.63) is 27.2 Å². The number of rotatable bonds is 1. The van der Waals surface area contributed by atoms with E-state index < -0.39 is 0 Å². The number of thioether (sulfide) groups is 1. The summed E-state index contributed by atoms with van der Waals surface area (Å²) in [6.07, 6.45) is 1.10. The van der Waals surface area contributed by atoms with Gasteiger partial charge in [0.1, 0.15) is 0 Å². The summed E-state index contributed by atoms with van der Waals surface area (Å²) in [5.41, 5.74) is 0.737. The Morgan fingerprint density at radius 2 is 1.94 bits per heavy atom. The van der Waals surface area contributed by atoms with Crippen molar-refractivity contribution in [2.45, 2.75) is 19.4 Å². The number of nitrogens with one attached hydrogen (secondary N) is 1. The molecule has 1 aliphatic heterocycles. The Kier molecular flexibility index (Phi) is 4.47. The maximum Gasteiger partial charge on any atom is 0.161 e. The van der Waals surface area contributed by atoms with E-state index in [1.54, 1.807) is 23.9 Å². The molecule has 0 amide bonds. The van der Waals surface area contributed by atoms with E-state index >= 15 is 0 Å². The molecule has 1 heterocycles. The normalized spacial score (nSPS) is 20.0. The zero-order valence-electron chi connectivity index (χ0n) is 9.14.